The molecular formula is C19H16N4O3S. The number of anilines is 1. The second kappa shape index (κ2) is 8.41. The van der Waals surface area contributed by atoms with Crippen molar-refractivity contribution in [1.29, 1.82) is 0 Å². The number of hydrogen-bond acceptors (Lipinski definition) is 6. The summed E-state index contributed by atoms with van der Waals surface area (Å²) in [5.41, 5.74) is 3.03. The number of nitrogens with zero attached hydrogens (tertiary/aromatic N) is 3. The van der Waals surface area contributed by atoms with Crippen molar-refractivity contribution in [1.82, 2.24) is 10.2 Å². The summed E-state index contributed by atoms with van der Waals surface area (Å²) in [6, 6.07) is 17.3. The normalized spacial score (nSPS) is 10.4. The van der Waals surface area contributed by atoms with Crippen molar-refractivity contribution in [3.63, 3.8) is 0 Å². The summed E-state index contributed by atoms with van der Waals surface area (Å²) >= 11 is 1.27. The number of non-ortho nitro benzene ring substituents is 1. The molecule has 0 radical (unpaired) electrons. The third-order valence-electron chi connectivity index (χ3n) is 3.68. The number of rotatable bonds is 6. The molecule has 0 aliphatic rings. The number of nitro benzene ring substituents is 1. The Morgan fingerprint density at radius 3 is 2.56 bits per heavy atom. The van der Waals surface area contributed by atoms with E-state index in [1.807, 2.05) is 31.2 Å². The number of carbonyl (C=O) groups is 1. The largest absolute Gasteiger partial charge is 0.325 e. The van der Waals surface area contributed by atoms with Gasteiger partial charge in [0.15, 0.2) is 0 Å². The van der Waals surface area contributed by atoms with Crippen LogP contribution in [0.15, 0.2) is 65.7 Å². The molecular weight excluding hydrogens is 364 g/mol. The van der Waals surface area contributed by atoms with Crippen LogP contribution < -0.4 is 5.32 Å². The van der Waals surface area contributed by atoms with Crippen molar-refractivity contribution in [3.8, 4) is 11.3 Å². The summed E-state index contributed by atoms with van der Waals surface area (Å²) in [6.07, 6.45) is 0. The average molecular weight is 380 g/mol. The number of benzene rings is 2. The molecule has 0 bridgehead atoms. The highest BCUT2D eigenvalue weighted by molar-refractivity contribution is 7.99. The molecule has 1 amide bonds. The summed E-state index contributed by atoms with van der Waals surface area (Å²) in [6.45, 7) is 1.98. The minimum atomic E-state index is -0.451. The van der Waals surface area contributed by atoms with E-state index >= 15 is 0 Å². The Kier molecular flexibility index (Phi) is 5.77. The molecule has 2 aromatic carbocycles. The molecule has 0 unspecified atom stereocenters. The highest BCUT2D eigenvalue weighted by Gasteiger charge is 2.09. The van der Waals surface area contributed by atoms with E-state index in [1.165, 1.54) is 23.9 Å². The number of aromatic nitrogens is 2. The van der Waals surface area contributed by atoms with Gasteiger partial charge in [-0.15, -0.1) is 10.2 Å². The fraction of sp³-hybridized carbons (Fsp3) is 0.105. The van der Waals surface area contributed by atoms with Crippen molar-refractivity contribution in [3.05, 3.63) is 76.3 Å². The molecule has 0 aliphatic heterocycles. The molecule has 3 aromatic rings. The lowest BCUT2D eigenvalue weighted by molar-refractivity contribution is -0.384. The van der Waals surface area contributed by atoms with E-state index in [4.69, 9.17) is 0 Å². The molecule has 1 N–H and O–H groups in total. The predicted molar refractivity (Wildman–Crippen MR) is 105 cm³/mol. The van der Waals surface area contributed by atoms with Crippen LogP contribution in [0.25, 0.3) is 11.3 Å². The van der Waals surface area contributed by atoms with Crippen molar-refractivity contribution in [2.75, 3.05) is 11.1 Å². The van der Waals surface area contributed by atoms with Crippen LogP contribution in [-0.4, -0.2) is 26.8 Å². The van der Waals surface area contributed by atoms with E-state index in [0.717, 1.165) is 11.3 Å². The van der Waals surface area contributed by atoms with Gasteiger partial charge < -0.3 is 5.32 Å². The molecule has 7 nitrogen and oxygen atoms in total. The number of nitro groups is 1. The molecule has 0 saturated carbocycles. The van der Waals surface area contributed by atoms with Gasteiger partial charge in [0.05, 0.1) is 16.4 Å². The van der Waals surface area contributed by atoms with Gasteiger partial charge in [-0.25, -0.2) is 0 Å². The molecule has 1 heterocycles. The zero-order valence-electron chi connectivity index (χ0n) is 14.5. The maximum Gasteiger partial charge on any atom is 0.270 e. The molecule has 0 fully saturated rings. The van der Waals surface area contributed by atoms with Crippen LogP contribution in [0.2, 0.25) is 0 Å². The number of aryl methyl sites for hydroxylation is 1. The fourth-order valence-corrected chi connectivity index (χ4v) is 2.92. The smallest absolute Gasteiger partial charge is 0.270 e. The SMILES string of the molecule is Cc1ccc(NC(=O)CSc2ccc(-c3cccc([N+](=O)[O-])c3)nn2)cc1. The standard InChI is InChI=1S/C19H16N4O3S/c1-13-5-7-15(8-6-13)20-18(24)12-27-19-10-9-17(21-22-19)14-3-2-4-16(11-14)23(25)26/h2-11H,12H2,1H3,(H,20,24). The van der Waals surface area contributed by atoms with Gasteiger partial charge in [-0.2, -0.15) is 0 Å². The van der Waals surface area contributed by atoms with Crippen LogP contribution in [-0.2, 0) is 4.79 Å². The summed E-state index contributed by atoms with van der Waals surface area (Å²) in [5, 5.41) is 22.5. The second-order valence-electron chi connectivity index (χ2n) is 5.77. The molecule has 3 rings (SSSR count). The molecule has 0 spiro atoms. The molecule has 136 valence electrons. The maximum absolute atomic E-state index is 12.0. The summed E-state index contributed by atoms with van der Waals surface area (Å²) in [4.78, 5) is 22.4. The number of amides is 1. The van der Waals surface area contributed by atoms with Gasteiger partial charge in [-0.05, 0) is 31.2 Å². The van der Waals surface area contributed by atoms with Crippen molar-refractivity contribution < 1.29 is 9.72 Å². The van der Waals surface area contributed by atoms with Gasteiger partial charge in [-0.1, -0.05) is 41.6 Å². The first-order chi connectivity index (χ1) is 13.0. The monoisotopic (exact) mass is 380 g/mol. The Labute approximate surface area is 160 Å². The van der Waals surface area contributed by atoms with Crippen LogP contribution in [0.5, 0.6) is 0 Å². The van der Waals surface area contributed by atoms with E-state index in [2.05, 4.69) is 15.5 Å². The lowest BCUT2D eigenvalue weighted by atomic mass is 10.1. The predicted octanol–water partition coefficient (Wildman–Crippen LogP) is 4.09. The quantitative estimate of drug-likeness (QED) is 0.393. The molecule has 27 heavy (non-hydrogen) atoms. The highest BCUT2D eigenvalue weighted by Crippen LogP contribution is 2.23. The summed E-state index contributed by atoms with van der Waals surface area (Å²) in [7, 11) is 0. The maximum atomic E-state index is 12.0. The molecule has 0 atom stereocenters. The summed E-state index contributed by atoms with van der Waals surface area (Å²) < 4.78 is 0. The highest BCUT2D eigenvalue weighted by atomic mass is 32.2. The first kappa shape index (κ1) is 18.5. The zero-order valence-corrected chi connectivity index (χ0v) is 15.3. The van der Waals surface area contributed by atoms with Crippen molar-refractivity contribution in [2.45, 2.75) is 11.9 Å². The Hall–Kier alpha value is -3.26. The van der Waals surface area contributed by atoms with Gasteiger partial charge >= 0.3 is 0 Å². The Morgan fingerprint density at radius 1 is 1.11 bits per heavy atom. The number of nitrogens with one attached hydrogen (secondary N) is 1. The number of thioether (sulfide) groups is 1. The molecule has 8 heteroatoms. The Balaban J connectivity index is 1.59. The van der Waals surface area contributed by atoms with Crippen LogP contribution in [0, 0.1) is 17.0 Å². The van der Waals surface area contributed by atoms with E-state index < -0.39 is 4.92 Å². The van der Waals surface area contributed by atoms with Gasteiger partial charge in [0.2, 0.25) is 5.91 Å². The Bertz CT molecular complexity index is 959. The molecule has 0 saturated heterocycles. The fourth-order valence-electron chi connectivity index (χ4n) is 2.30. The number of hydrogen-bond donors (Lipinski definition) is 1. The van der Waals surface area contributed by atoms with Crippen LogP contribution >= 0.6 is 11.8 Å². The van der Waals surface area contributed by atoms with Crippen LogP contribution in [0.4, 0.5) is 11.4 Å². The first-order valence-electron chi connectivity index (χ1n) is 8.09. The zero-order chi connectivity index (χ0) is 19.2. The van der Waals surface area contributed by atoms with Crippen LogP contribution in [0.3, 0.4) is 0 Å². The van der Waals surface area contributed by atoms with Crippen LogP contribution in [0.1, 0.15) is 5.56 Å². The van der Waals surface area contributed by atoms with Gasteiger partial charge in [0.1, 0.15) is 5.03 Å². The van der Waals surface area contributed by atoms with E-state index in [1.54, 1.807) is 24.3 Å². The van der Waals surface area contributed by atoms with Crippen molar-refractivity contribution in [2.24, 2.45) is 0 Å². The average Bonchev–Trinajstić information content (AvgIpc) is 2.69. The Morgan fingerprint density at radius 2 is 1.89 bits per heavy atom. The van der Waals surface area contributed by atoms with E-state index in [-0.39, 0.29) is 17.3 Å². The lowest BCUT2D eigenvalue weighted by Gasteiger charge is -2.05. The van der Waals surface area contributed by atoms with Gasteiger partial charge in [0.25, 0.3) is 5.69 Å². The third-order valence-corrected chi connectivity index (χ3v) is 4.60. The van der Waals surface area contributed by atoms with E-state index in [0.29, 0.717) is 16.3 Å². The summed E-state index contributed by atoms with van der Waals surface area (Å²) in [5.74, 6) is 0.0760. The second-order valence-corrected chi connectivity index (χ2v) is 6.76. The lowest BCUT2D eigenvalue weighted by Crippen LogP contribution is -2.14. The van der Waals surface area contributed by atoms with Crippen molar-refractivity contribution >= 4 is 29.0 Å². The minimum Gasteiger partial charge on any atom is -0.325 e. The van der Waals surface area contributed by atoms with Gasteiger partial charge in [0, 0.05) is 23.4 Å². The molecule has 1 aromatic heterocycles. The first-order valence-corrected chi connectivity index (χ1v) is 9.08. The topological polar surface area (TPSA) is 98.0 Å². The number of carbonyl (C=O) groups excluding carboxylic acids is 1. The molecule has 0 aliphatic carbocycles. The minimum absolute atomic E-state index is 0.000489. The van der Waals surface area contributed by atoms with Gasteiger partial charge in [-0.3, -0.25) is 14.9 Å². The third kappa shape index (κ3) is 5.11. The van der Waals surface area contributed by atoms with E-state index in [9.17, 15) is 14.9 Å².